The number of carboxylic acids is 1. The van der Waals surface area contributed by atoms with E-state index in [0.29, 0.717) is 13.0 Å². The second kappa shape index (κ2) is 5.36. The normalized spacial score (nSPS) is 29.9. The molecule has 1 fully saturated rings. The van der Waals surface area contributed by atoms with E-state index in [1.165, 1.54) is 0 Å². The fourth-order valence-corrected chi connectivity index (χ4v) is 2.43. The molecule has 2 unspecified atom stereocenters. The Kier molecular flexibility index (Phi) is 4.55. The average Bonchev–Trinajstić information content (AvgIpc) is 2.29. The first-order valence-electron chi connectivity index (χ1n) is 6.36. The minimum atomic E-state index is -0.704. The highest BCUT2D eigenvalue weighted by Gasteiger charge is 2.37. The van der Waals surface area contributed by atoms with E-state index in [0.717, 1.165) is 25.9 Å². The van der Waals surface area contributed by atoms with Crippen LogP contribution in [0.5, 0.6) is 0 Å². The van der Waals surface area contributed by atoms with Gasteiger partial charge in [0.2, 0.25) is 0 Å². The van der Waals surface area contributed by atoms with Gasteiger partial charge in [-0.25, -0.2) is 0 Å². The molecule has 0 radical (unpaired) electrons. The predicted octanol–water partition coefficient (Wildman–Crippen LogP) is 1.99. The standard InChI is InChI=1S/C13H25NO3/c1-5-12(2,11(15)16)9-14-8-6-7-13(3,10-14)17-4/h5-10H2,1-4H3,(H,15,16). The molecule has 0 aliphatic carbocycles. The Morgan fingerprint density at radius 3 is 2.71 bits per heavy atom. The zero-order valence-corrected chi connectivity index (χ0v) is 11.5. The molecule has 100 valence electrons. The van der Waals surface area contributed by atoms with E-state index in [9.17, 15) is 9.90 Å². The first-order chi connectivity index (χ1) is 7.85. The van der Waals surface area contributed by atoms with E-state index < -0.39 is 11.4 Å². The molecule has 1 rings (SSSR count). The van der Waals surface area contributed by atoms with Crippen LogP contribution in [-0.2, 0) is 9.53 Å². The van der Waals surface area contributed by atoms with Crippen molar-refractivity contribution in [2.24, 2.45) is 5.41 Å². The number of piperidine rings is 1. The number of ether oxygens (including phenoxy) is 1. The fraction of sp³-hybridized carbons (Fsp3) is 0.923. The van der Waals surface area contributed by atoms with Crippen molar-refractivity contribution in [2.75, 3.05) is 26.7 Å². The van der Waals surface area contributed by atoms with Gasteiger partial charge in [-0.05, 0) is 39.7 Å². The Labute approximate surface area is 104 Å². The monoisotopic (exact) mass is 243 g/mol. The molecule has 0 amide bonds. The van der Waals surface area contributed by atoms with Crippen LogP contribution < -0.4 is 0 Å². The molecular formula is C13H25NO3. The topological polar surface area (TPSA) is 49.8 Å². The van der Waals surface area contributed by atoms with Gasteiger partial charge in [-0.15, -0.1) is 0 Å². The number of nitrogens with zero attached hydrogens (tertiary/aromatic N) is 1. The van der Waals surface area contributed by atoms with Gasteiger partial charge >= 0.3 is 5.97 Å². The molecule has 1 heterocycles. The second-order valence-corrected chi connectivity index (χ2v) is 5.69. The van der Waals surface area contributed by atoms with Gasteiger partial charge in [0.05, 0.1) is 11.0 Å². The number of rotatable bonds is 5. The second-order valence-electron chi connectivity index (χ2n) is 5.69. The van der Waals surface area contributed by atoms with Crippen molar-refractivity contribution in [2.45, 2.75) is 45.6 Å². The zero-order chi connectivity index (χ0) is 13.1. The minimum Gasteiger partial charge on any atom is -0.481 e. The summed E-state index contributed by atoms with van der Waals surface area (Å²) in [6.45, 7) is 8.27. The summed E-state index contributed by atoms with van der Waals surface area (Å²) < 4.78 is 5.53. The van der Waals surface area contributed by atoms with Crippen LogP contribution >= 0.6 is 0 Å². The lowest BCUT2D eigenvalue weighted by Gasteiger charge is -2.42. The van der Waals surface area contributed by atoms with E-state index in [-0.39, 0.29) is 5.60 Å². The summed E-state index contributed by atoms with van der Waals surface area (Å²) in [6.07, 6.45) is 2.78. The summed E-state index contributed by atoms with van der Waals surface area (Å²) in [5.41, 5.74) is -0.766. The van der Waals surface area contributed by atoms with Crippen molar-refractivity contribution < 1.29 is 14.6 Å². The number of aliphatic carboxylic acids is 1. The number of hydrogen-bond acceptors (Lipinski definition) is 3. The van der Waals surface area contributed by atoms with E-state index in [4.69, 9.17) is 4.74 Å². The molecule has 1 saturated heterocycles. The van der Waals surface area contributed by atoms with E-state index in [1.807, 2.05) is 13.8 Å². The Morgan fingerprint density at radius 1 is 1.59 bits per heavy atom. The largest absolute Gasteiger partial charge is 0.481 e. The van der Waals surface area contributed by atoms with Gasteiger partial charge in [-0.3, -0.25) is 9.69 Å². The molecule has 4 nitrogen and oxygen atoms in total. The third kappa shape index (κ3) is 3.42. The van der Waals surface area contributed by atoms with Gasteiger partial charge < -0.3 is 9.84 Å². The van der Waals surface area contributed by atoms with Crippen LogP contribution in [0, 0.1) is 5.41 Å². The van der Waals surface area contributed by atoms with E-state index >= 15 is 0 Å². The third-order valence-electron chi connectivity index (χ3n) is 4.10. The molecule has 0 saturated carbocycles. The quantitative estimate of drug-likeness (QED) is 0.802. The summed E-state index contributed by atoms with van der Waals surface area (Å²) in [4.78, 5) is 13.5. The first-order valence-corrected chi connectivity index (χ1v) is 6.36. The van der Waals surface area contributed by atoms with Crippen molar-refractivity contribution in [1.29, 1.82) is 0 Å². The van der Waals surface area contributed by atoms with Gasteiger partial charge in [0.1, 0.15) is 0 Å². The maximum absolute atomic E-state index is 11.3. The molecule has 1 aliphatic heterocycles. The number of carbonyl (C=O) groups is 1. The van der Waals surface area contributed by atoms with Gasteiger partial charge in [-0.2, -0.15) is 0 Å². The summed E-state index contributed by atoms with van der Waals surface area (Å²) in [5.74, 6) is -0.704. The summed E-state index contributed by atoms with van der Waals surface area (Å²) in [6, 6.07) is 0. The lowest BCUT2D eigenvalue weighted by atomic mass is 9.85. The lowest BCUT2D eigenvalue weighted by Crippen LogP contribution is -2.51. The Hall–Kier alpha value is -0.610. The molecule has 0 aromatic heterocycles. The SMILES string of the molecule is CCC(C)(CN1CCCC(C)(OC)C1)C(=O)O. The number of hydrogen-bond donors (Lipinski definition) is 1. The van der Waals surface area contributed by atoms with Crippen LogP contribution in [0.25, 0.3) is 0 Å². The van der Waals surface area contributed by atoms with Crippen LogP contribution in [0.15, 0.2) is 0 Å². The molecule has 0 aromatic carbocycles. The van der Waals surface area contributed by atoms with Crippen molar-refractivity contribution in [1.82, 2.24) is 4.90 Å². The van der Waals surface area contributed by atoms with Gasteiger partial charge in [0.15, 0.2) is 0 Å². The summed E-state index contributed by atoms with van der Waals surface area (Å²) >= 11 is 0. The average molecular weight is 243 g/mol. The highest BCUT2D eigenvalue weighted by molar-refractivity contribution is 5.74. The molecule has 1 N–H and O–H groups in total. The van der Waals surface area contributed by atoms with Gasteiger partial charge in [-0.1, -0.05) is 6.92 Å². The van der Waals surface area contributed by atoms with E-state index in [2.05, 4.69) is 11.8 Å². The molecular weight excluding hydrogens is 218 g/mol. The van der Waals surface area contributed by atoms with Gasteiger partial charge in [0, 0.05) is 20.2 Å². The smallest absolute Gasteiger partial charge is 0.310 e. The zero-order valence-electron chi connectivity index (χ0n) is 11.5. The maximum Gasteiger partial charge on any atom is 0.310 e. The van der Waals surface area contributed by atoms with Crippen LogP contribution in [0.4, 0.5) is 0 Å². The van der Waals surface area contributed by atoms with E-state index in [1.54, 1.807) is 7.11 Å². The summed E-state index contributed by atoms with van der Waals surface area (Å²) in [7, 11) is 1.74. The van der Waals surface area contributed by atoms with Crippen LogP contribution in [0.1, 0.15) is 40.0 Å². The van der Waals surface area contributed by atoms with Crippen molar-refractivity contribution in [3.63, 3.8) is 0 Å². The van der Waals surface area contributed by atoms with Crippen LogP contribution in [-0.4, -0.2) is 48.3 Å². The highest BCUT2D eigenvalue weighted by atomic mass is 16.5. The molecule has 4 heteroatoms. The van der Waals surface area contributed by atoms with Crippen LogP contribution in [0.3, 0.4) is 0 Å². The lowest BCUT2D eigenvalue weighted by molar-refractivity contribution is -0.150. The Balaban J connectivity index is 2.65. The van der Waals surface area contributed by atoms with Crippen molar-refractivity contribution in [3.05, 3.63) is 0 Å². The predicted molar refractivity (Wildman–Crippen MR) is 67.1 cm³/mol. The molecule has 2 atom stereocenters. The molecule has 0 spiro atoms. The number of carboxylic acid groups (broad SMARTS) is 1. The Morgan fingerprint density at radius 2 is 2.24 bits per heavy atom. The molecule has 0 bridgehead atoms. The molecule has 17 heavy (non-hydrogen) atoms. The minimum absolute atomic E-state index is 0.120. The molecule has 0 aromatic rings. The maximum atomic E-state index is 11.3. The highest BCUT2D eigenvalue weighted by Crippen LogP contribution is 2.29. The number of methoxy groups -OCH3 is 1. The fourth-order valence-electron chi connectivity index (χ4n) is 2.43. The van der Waals surface area contributed by atoms with Gasteiger partial charge in [0.25, 0.3) is 0 Å². The molecule has 1 aliphatic rings. The number of likely N-dealkylation sites (tertiary alicyclic amines) is 1. The van der Waals surface area contributed by atoms with Crippen molar-refractivity contribution >= 4 is 5.97 Å². The van der Waals surface area contributed by atoms with Crippen LogP contribution in [0.2, 0.25) is 0 Å². The third-order valence-corrected chi connectivity index (χ3v) is 4.10. The summed E-state index contributed by atoms with van der Waals surface area (Å²) in [5, 5.41) is 9.29. The first kappa shape index (κ1) is 14.5. The van der Waals surface area contributed by atoms with Crippen molar-refractivity contribution in [3.8, 4) is 0 Å². The Bertz CT molecular complexity index is 282.